The molecule has 0 saturated carbocycles. The highest BCUT2D eigenvalue weighted by atomic mass is 32.2. The van der Waals surface area contributed by atoms with Gasteiger partial charge in [-0.05, 0) is 25.5 Å². The van der Waals surface area contributed by atoms with Gasteiger partial charge in [-0.2, -0.15) is 11.8 Å². The molecule has 0 aromatic carbocycles. The first kappa shape index (κ1) is 11.6. The van der Waals surface area contributed by atoms with E-state index in [9.17, 15) is 4.79 Å². The Hall–Kier alpha value is -0.480. The van der Waals surface area contributed by atoms with Crippen molar-refractivity contribution in [3.8, 4) is 0 Å². The summed E-state index contributed by atoms with van der Waals surface area (Å²) < 4.78 is 0.358. The molecule has 0 aromatic rings. The molecule has 80 valence electrons. The zero-order valence-electron chi connectivity index (χ0n) is 8.45. The standard InChI is InChI=1S/C10H17NO2S/c1-10(5-3-7-14-10)8-11-6-2-4-9(12)13/h2,4,11H,3,5-8H2,1H3,(H,12,13)/b4-2+. The minimum absolute atomic E-state index is 0.358. The van der Waals surface area contributed by atoms with E-state index < -0.39 is 5.97 Å². The van der Waals surface area contributed by atoms with Crippen LogP contribution in [0.5, 0.6) is 0 Å². The van der Waals surface area contributed by atoms with Crippen molar-refractivity contribution in [2.45, 2.75) is 24.5 Å². The van der Waals surface area contributed by atoms with Crippen LogP contribution in [0.2, 0.25) is 0 Å². The highest BCUT2D eigenvalue weighted by molar-refractivity contribution is 8.00. The molecule has 0 spiro atoms. The van der Waals surface area contributed by atoms with E-state index in [-0.39, 0.29) is 0 Å². The summed E-state index contributed by atoms with van der Waals surface area (Å²) in [7, 11) is 0. The number of carbonyl (C=O) groups is 1. The van der Waals surface area contributed by atoms with Crippen LogP contribution in [0.1, 0.15) is 19.8 Å². The number of hydrogen-bond acceptors (Lipinski definition) is 3. The number of aliphatic carboxylic acids is 1. The number of nitrogens with one attached hydrogen (secondary N) is 1. The summed E-state index contributed by atoms with van der Waals surface area (Å²) in [6.45, 7) is 3.86. The lowest BCUT2D eigenvalue weighted by Gasteiger charge is -2.22. The number of thioether (sulfide) groups is 1. The molecule has 4 heteroatoms. The largest absolute Gasteiger partial charge is 0.478 e. The van der Waals surface area contributed by atoms with E-state index in [4.69, 9.17) is 5.11 Å². The van der Waals surface area contributed by atoms with Crippen molar-refractivity contribution in [1.29, 1.82) is 0 Å². The van der Waals surface area contributed by atoms with Gasteiger partial charge in [0.05, 0.1) is 0 Å². The summed E-state index contributed by atoms with van der Waals surface area (Å²) in [4.78, 5) is 10.2. The third kappa shape index (κ3) is 4.15. The second kappa shape index (κ2) is 5.41. The van der Waals surface area contributed by atoms with Gasteiger partial charge in [0.25, 0.3) is 0 Å². The molecule has 1 aliphatic heterocycles. The van der Waals surface area contributed by atoms with Gasteiger partial charge in [-0.15, -0.1) is 0 Å². The number of carboxylic acid groups (broad SMARTS) is 1. The fraction of sp³-hybridized carbons (Fsp3) is 0.700. The minimum Gasteiger partial charge on any atom is -0.478 e. The summed E-state index contributed by atoms with van der Waals surface area (Å²) in [5.74, 6) is 0.372. The normalized spacial score (nSPS) is 27.2. The molecule has 0 aromatic heterocycles. The molecule has 1 aliphatic rings. The molecular formula is C10H17NO2S. The number of hydrogen-bond donors (Lipinski definition) is 2. The Bertz CT molecular complexity index is 222. The molecule has 0 radical (unpaired) electrons. The average Bonchev–Trinajstić information content (AvgIpc) is 2.51. The van der Waals surface area contributed by atoms with Crippen molar-refractivity contribution in [3.05, 3.63) is 12.2 Å². The third-order valence-electron chi connectivity index (χ3n) is 2.32. The van der Waals surface area contributed by atoms with Crippen LogP contribution < -0.4 is 5.32 Å². The van der Waals surface area contributed by atoms with Crippen molar-refractivity contribution >= 4 is 17.7 Å². The Kier molecular flexibility index (Phi) is 4.48. The lowest BCUT2D eigenvalue weighted by molar-refractivity contribution is -0.131. The molecule has 14 heavy (non-hydrogen) atoms. The van der Waals surface area contributed by atoms with Gasteiger partial charge in [0.1, 0.15) is 0 Å². The first-order chi connectivity index (χ1) is 6.62. The molecule has 2 N–H and O–H groups in total. The first-order valence-corrected chi connectivity index (χ1v) is 5.85. The lowest BCUT2D eigenvalue weighted by Crippen LogP contribution is -2.32. The zero-order chi connectivity index (χ0) is 10.4. The van der Waals surface area contributed by atoms with Crippen LogP contribution in [0.3, 0.4) is 0 Å². The quantitative estimate of drug-likeness (QED) is 0.539. The van der Waals surface area contributed by atoms with E-state index in [0.29, 0.717) is 11.3 Å². The summed E-state index contributed by atoms with van der Waals surface area (Å²) in [6.07, 6.45) is 5.38. The van der Waals surface area contributed by atoms with Gasteiger partial charge in [0, 0.05) is 23.9 Å². The van der Waals surface area contributed by atoms with Crippen LogP contribution >= 0.6 is 11.8 Å². The van der Waals surface area contributed by atoms with Crippen molar-refractivity contribution in [1.82, 2.24) is 5.32 Å². The Morgan fingerprint density at radius 2 is 2.50 bits per heavy atom. The van der Waals surface area contributed by atoms with Crippen LogP contribution in [0, 0.1) is 0 Å². The van der Waals surface area contributed by atoms with Gasteiger partial charge in [0.2, 0.25) is 0 Å². The Morgan fingerprint density at radius 1 is 1.71 bits per heavy atom. The summed E-state index contributed by atoms with van der Waals surface area (Å²) in [5.41, 5.74) is 0. The monoisotopic (exact) mass is 215 g/mol. The molecule has 0 aliphatic carbocycles. The van der Waals surface area contributed by atoms with Crippen molar-refractivity contribution < 1.29 is 9.90 Å². The van der Waals surface area contributed by atoms with E-state index >= 15 is 0 Å². The average molecular weight is 215 g/mol. The third-order valence-corrected chi connectivity index (χ3v) is 3.86. The van der Waals surface area contributed by atoms with Crippen LogP contribution in [-0.4, -0.2) is 34.7 Å². The maximum atomic E-state index is 10.2. The predicted molar refractivity (Wildman–Crippen MR) is 59.7 cm³/mol. The molecule has 0 bridgehead atoms. The van der Waals surface area contributed by atoms with E-state index in [0.717, 1.165) is 6.54 Å². The van der Waals surface area contributed by atoms with Crippen LogP contribution in [0.25, 0.3) is 0 Å². The van der Waals surface area contributed by atoms with Gasteiger partial charge in [0.15, 0.2) is 0 Å². The summed E-state index contributed by atoms with van der Waals surface area (Å²) in [5, 5.41) is 11.6. The molecule has 1 saturated heterocycles. The second-order valence-corrected chi connectivity index (χ2v) is 5.46. The molecule has 1 heterocycles. The zero-order valence-corrected chi connectivity index (χ0v) is 9.27. The molecular weight excluding hydrogens is 198 g/mol. The van der Waals surface area contributed by atoms with Gasteiger partial charge in [-0.1, -0.05) is 6.08 Å². The van der Waals surface area contributed by atoms with Crippen molar-refractivity contribution in [2.75, 3.05) is 18.8 Å². The topological polar surface area (TPSA) is 49.3 Å². The highest BCUT2D eigenvalue weighted by Crippen LogP contribution is 2.36. The fourth-order valence-electron chi connectivity index (χ4n) is 1.56. The number of rotatable bonds is 5. The van der Waals surface area contributed by atoms with E-state index in [1.54, 1.807) is 6.08 Å². The fourth-order valence-corrected chi connectivity index (χ4v) is 2.83. The predicted octanol–water partition coefficient (Wildman–Crippen LogP) is 1.50. The first-order valence-electron chi connectivity index (χ1n) is 4.87. The minimum atomic E-state index is -0.881. The Morgan fingerprint density at radius 3 is 3.07 bits per heavy atom. The maximum Gasteiger partial charge on any atom is 0.328 e. The molecule has 1 fully saturated rings. The smallest absolute Gasteiger partial charge is 0.328 e. The molecule has 1 unspecified atom stereocenters. The summed E-state index contributed by atoms with van der Waals surface area (Å²) in [6, 6.07) is 0. The van der Waals surface area contributed by atoms with Crippen LogP contribution in [0.15, 0.2) is 12.2 Å². The van der Waals surface area contributed by atoms with Crippen LogP contribution in [-0.2, 0) is 4.79 Å². The Balaban J connectivity index is 2.11. The van der Waals surface area contributed by atoms with Crippen LogP contribution in [0.4, 0.5) is 0 Å². The van der Waals surface area contributed by atoms with Gasteiger partial charge in [-0.25, -0.2) is 4.79 Å². The SMILES string of the molecule is CC1(CNC/C=C/C(=O)O)CCCS1. The second-order valence-electron chi connectivity index (χ2n) is 3.77. The Labute approximate surface area is 89.0 Å². The van der Waals surface area contributed by atoms with Gasteiger partial charge < -0.3 is 10.4 Å². The summed E-state index contributed by atoms with van der Waals surface area (Å²) >= 11 is 2.01. The van der Waals surface area contributed by atoms with E-state index in [1.165, 1.54) is 24.7 Å². The maximum absolute atomic E-state index is 10.2. The van der Waals surface area contributed by atoms with Crippen molar-refractivity contribution in [2.24, 2.45) is 0 Å². The lowest BCUT2D eigenvalue weighted by atomic mass is 10.1. The molecule has 0 amide bonds. The highest BCUT2D eigenvalue weighted by Gasteiger charge is 2.28. The van der Waals surface area contributed by atoms with E-state index in [1.807, 2.05) is 11.8 Å². The molecule has 1 rings (SSSR count). The number of carboxylic acids is 1. The van der Waals surface area contributed by atoms with E-state index in [2.05, 4.69) is 12.2 Å². The van der Waals surface area contributed by atoms with Gasteiger partial charge in [-0.3, -0.25) is 0 Å². The van der Waals surface area contributed by atoms with Crippen molar-refractivity contribution in [3.63, 3.8) is 0 Å². The molecule has 1 atom stereocenters. The molecule has 3 nitrogen and oxygen atoms in total. The van der Waals surface area contributed by atoms with Gasteiger partial charge >= 0.3 is 5.97 Å².